The van der Waals surface area contributed by atoms with Crippen molar-refractivity contribution in [1.82, 2.24) is 24.5 Å². The molecule has 6 nitrogen and oxygen atoms in total. The summed E-state index contributed by atoms with van der Waals surface area (Å²) in [5.41, 5.74) is 3.90. The third-order valence-electron chi connectivity index (χ3n) is 4.54. The average molecular weight is 309 g/mol. The number of imidazole rings is 1. The fourth-order valence-corrected chi connectivity index (χ4v) is 3.36. The Kier molecular flexibility index (Phi) is 3.37. The molecule has 6 heteroatoms. The quantitative estimate of drug-likeness (QED) is 0.805. The maximum Gasteiger partial charge on any atom is 0.229 e. The topological polar surface area (TPSA) is 64.2 Å². The van der Waals surface area contributed by atoms with Crippen LogP contribution in [0.15, 0.2) is 36.7 Å². The van der Waals surface area contributed by atoms with Gasteiger partial charge in [0.25, 0.3) is 0 Å². The van der Waals surface area contributed by atoms with Crippen molar-refractivity contribution in [3.8, 4) is 0 Å². The number of nitrogens with one attached hydrogen (secondary N) is 1. The molecule has 0 aliphatic carbocycles. The molecule has 118 valence electrons. The number of aryl methyl sites for hydroxylation is 2. The zero-order valence-corrected chi connectivity index (χ0v) is 13.1. The van der Waals surface area contributed by atoms with Gasteiger partial charge in [-0.1, -0.05) is 6.07 Å². The molecule has 0 unspecified atom stereocenters. The Labute approximate surface area is 134 Å². The number of fused-ring (bicyclic) bond motifs is 2. The van der Waals surface area contributed by atoms with Crippen molar-refractivity contribution in [2.24, 2.45) is 0 Å². The first-order valence-electron chi connectivity index (χ1n) is 7.96. The summed E-state index contributed by atoms with van der Waals surface area (Å²) in [5, 5.41) is 7.35. The van der Waals surface area contributed by atoms with E-state index in [0.717, 1.165) is 42.1 Å². The first kappa shape index (κ1) is 14.0. The second kappa shape index (κ2) is 5.53. The lowest BCUT2D eigenvalue weighted by Gasteiger charge is -2.22. The number of hydrogen-bond acceptors (Lipinski definition) is 3. The Balaban J connectivity index is 1.53. The summed E-state index contributed by atoms with van der Waals surface area (Å²) in [7, 11) is 0. The molecular weight excluding hydrogens is 290 g/mol. The van der Waals surface area contributed by atoms with Crippen molar-refractivity contribution < 1.29 is 4.79 Å². The van der Waals surface area contributed by atoms with Crippen LogP contribution in [0.1, 0.15) is 35.8 Å². The van der Waals surface area contributed by atoms with Crippen LogP contribution in [0.4, 0.5) is 0 Å². The smallest absolute Gasteiger partial charge is 0.229 e. The lowest BCUT2D eigenvalue weighted by molar-refractivity contribution is -0.123. The molecule has 1 aliphatic rings. The van der Waals surface area contributed by atoms with Gasteiger partial charge in [0.2, 0.25) is 5.91 Å². The van der Waals surface area contributed by atoms with E-state index < -0.39 is 0 Å². The largest absolute Gasteiger partial charge is 0.350 e. The summed E-state index contributed by atoms with van der Waals surface area (Å²) in [4.78, 5) is 17.1. The summed E-state index contributed by atoms with van der Waals surface area (Å²) in [6, 6.07) is 7.85. The van der Waals surface area contributed by atoms with Gasteiger partial charge in [-0.05, 0) is 38.0 Å². The van der Waals surface area contributed by atoms with E-state index in [2.05, 4.69) is 15.4 Å². The SMILES string of the molecule is Cc1nc2ccccn2c1CNC(=O)[C@@H]1CCCn2nccc21. The van der Waals surface area contributed by atoms with Crippen LogP contribution in [0.2, 0.25) is 0 Å². The summed E-state index contributed by atoms with van der Waals surface area (Å²) >= 11 is 0. The molecule has 23 heavy (non-hydrogen) atoms. The van der Waals surface area contributed by atoms with Crippen molar-refractivity contribution in [3.63, 3.8) is 0 Å². The molecule has 1 aliphatic heterocycles. The van der Waals surface area contributed by atoms with Gasteiger partial charge in [0, 0.05) is 18.9 Å². The Morgan fingerprint density at radius 3 is 3.22 bits per heavy atom. The molecule has 0 saturated carbocycles. The summed E-state index contributed by atoms with van der Waals surface area (Å²) in [6.07, 6.45) is 5.62. The first-order valence-corrected chi connectivity index (χ1v) is 7.96. The summed E-state index contributed by atoms with van der Waals surface area (Å²) in [5.74, 6) is -0.0394. The van der Waals surface area contributed by atoms with E-state index in [4.69, 9.17) is 0 Å². The van der Waals surface area contributed by atoms with Crippen LogP contribution in [0.5, 0.6) is 0 Å². The van der Waals surface area contributed by atoms with Crippen molar-refractivity contribution in [2.75, 3.05) is 0 Å². The second-order valence-corrected chi connectivity index (χ2v) is 5.96. The van der Waals surface area contributed by atoms with Crippen LogP contribution in [0.25, 0.3) is 5.65 Å². The molecule has 0 aromatic carbocycles. The average Bonchev–Trinajstić information content (AvgIpc) is 3.16. The van der Waals surface area contributed by atoms with Gasteiger partial charge in [0.15, 0.2) is 0 Å². The number of hydrogen-bond donors (Lipinski definition) is 1. The minimum absolute atomic E-state index is 0.0664. The molecule has 0 radical (unpaired) electrons. The van der Waals surface area contributed by atoms with Gasteiger partial charge in [-0.2, -0.15) is 5.10 Å². The van der Waals surface area contributed by atoms with E-state index >= 15 is 0 Å². The maximum absolute atomic E-state index is 12.6. The van der Waals surface area contributed by atoms with Gasteiger partial charge < -0.3 is 9.72 Å². The van der Waals surface area contributed by atoms with Gasteiger partial charge in [0.1, 0.15) is 5.65 Å². The van der Waals surface area contributed by atoms with Crippen molar-refractivity contribution in [3.05, 3.63) is 53.7 Å². The van der Waals surface area contributed by atoms with E-state index in [1.54, 1.807) is 6.20 Å². The number of nitrogens with zero attached hydrogens (tertiary/aromatic N) is 4. The molecule has 4 rings (SSSR count). The van der Waals surface area contributed by atoms with Crippen LogP contribution in [-0.4, -0.2) is 25.1 Å². The highest BCUT2D eigenvalue weighted by Gasteiger charge is 2.27. The molecule has 3 aromatic heterocycles. The van der Waals surface area contributed by atoms with Gasteiger partial charge in [-0.25, -0.2) is 4.98 Å². The van der Waals surface area contributed by atoms with Crippen LogP contribution < -0.4 is 5.32 Å². The van der Waals surface area contributed by atoms with Gasteiger partial charge in [0.05, 0.1) is 29.5 Å². The number of amides is 1. The number of carbonyl (C=O) groups is 1. The molecule has 0 spiro atoms. The molecule has 1 atom stereocenters. The van der Waals surface area contributed by atoms with Crippen LogP contribution in [-0.2, 0) is 17.9 Å². The molecule has 3 aromatic rings. The summed E-state index contributed by atoms with van der Waals surface area (Å²) in [6.45, 7) is 3.36. The molecule has 1 N–H and O–H groups in total. The highest BCUT2D eigenvalue weighted by Crippen LogP contribution is 2.26. The molecule has 0 bridgehead atoms. The maximum atomic E-state index is 12.6. The lowest BCUT2D eigenvalue weighted by Crippen LogP contribution is -2.33. The monoisotopic (exact) mass is 309 g/mol. The Hall–Kier alpha value is -2.63. The number of carbonyl (C=O) groups excluding carboxylic acids is 1. The second-order valence-electron chi connectivity index (χ2n) is 5.96. The number of pyridine rings is 1. The first-order chi connectivity index (χ1) is 11.2. The van der Waals surface area contributed by atoms with E-state index in [9.17, 15) is 4.79 Å². The molecule has 0 fully saturated rings. The fraction of sp³-hybridized carbons (Fsp3) is 0.353. The van der Waals surface area contributed by atoms with Crippen molar-refractivity contribution >= 4 is 11.6 Å². The van der Waals surface area contributed by atoms with E-state index in [1.165, 1.54) is 0 Å². The Morgan fingerprint density at radius 2 is 2.30 bits per heavy atom. The predicted molar refractivity (Wildman–Crippen MR) is 86.0 cm³/mol. The zero-order valence-electron chi connectivity index (χ0n) is 13.1. The fourth-order valence-electron chi connectivity index (χ4n) is 3.36. The Morgan fingerprint density at radius 1 is 1.39 bits per heavy atom. The van der Waals surface area contributed by atoms with Crippen LogP contribution in [0.3, 0.4) is 0 Å². The minimum Gasteiger partial charge on any atom is -0.350 e. The zero-order chi connectivity index (χ0) is 15.8. The molecular formula is C17H19N5O. The Bertz CT molecular complexity index is 863. The third kappa shape index (κ3) is 2.40. The molecule has 0 saturated heterocycles. The number of aromatic nitrogens is 4. The molecule has 4 heterocycles. The van der Waals surface area contributed by atoms with E-state index in [1.807, 2.05) is 46.5 Å². The predicted octanol–water partition coefficient (Wildman–Crippen LogP) is 2.03. The highest BCUT2D eigenvalue weighted by molar-refractivity contribution is 5.83. The lowest BCUT2D eigenvalue weighted by atomic mass is 9.95. The number of rotatable bonds is 3. The third-order valence-corrected chi connectivity index (χ3v) is 4.54. The van der Waals surface area contributed by atoms with Crippen molar-refractivity contribution in [1.29, 1.82) is 0 Å². The molecule has 1 amide bonds. The normalized spacial score (nSPS) is 17.2. The van der Waals surface area contributed by atoms with Crippen LogP contribution >= 0.6 is 0 Å². The van der Waals surface area contributed by atoms with Gasteiger partial charge >= 0.3 is 0 Å². The van der Waals surface area contributed by atoms with Crippen molar-refractivity contribution in [2.45, 2.75) is 38.8 Å². The van der Waals surface area contributed by atoms with E-state index in [-0.39, 0.29) is 11.8 Å². The van der Waals surface area contributed by atoms with Gasteiger partial charge in [-0.15, -0.1) is 0 Å². The highest BCUT2D eigenvalue weighted by atomic mass is 16.1. The van der Waals surface area contributed by atoms with Gasteiger partial charge in [-0.3, -0.25) is 9.48 Å². The summed E-state index contributed by atoms with van der Waals surface area (Å²) < 4.78 is 3.97. The van der Waals surface area contributed by atoms with E-state index in [0.29, 0.717) is 6.54 Å². The minimum atomic E-state index is -0.106. The van der Waals surface area contributed by atoms with Crippen LogP contribution in [0, 0.1) is 6.92 Å². The standard InChI is InChI=1S/C17H19N5O/c1-12-15(21-9-3-2-6-16(21)20-12)11-18-17(23)13-5-4-10-22-14(13)7-8-19-22/h2-3,6-9,13H,4-5,10-11H2,1H3,(H,18,23)/t13-/m1/s1.